The van der Waals surface area contributed by atoms with Crippen LogP contribution >= 0.6 is 11.6 Å². The molecule has 0 atom stereocenters. The molecule has 116 valence electrons. The van der Waals surface area contributed by atoms with Crippen molar-refractivity contribution >= 4 is 17.5 Å². The third-order valence-corrected chi connectivity index (χ3v) is 3.69. The molecule has 0 bridgehead atoms. The van der Waals surface area contributed by atoms with Gasteiger partial charge in [-0.3, -0.25) is 14.5 Å². The first-order valence-corrected chi connectivity index (χ1v) is 7.58. The van der Waals surface area contributed by atoms with Crippen molar-refractivity contribution in [1.82, 2.24) is 20.1 Å². The van der Waals surface area contributed by atoms with Crippen LogP contribution in [0.25, 0.3) is 11.3 Å². The number of benzene rings is 1. The lowest BCUT2D eigenvalue weighted by molar-refractivity contribution is 0.0952. The fourth-order valence-electron chi connectivity index (χ4n) is 2.19. The van der Waals surface area contributed by atoms with Gasteiger partial charge in [0.2, 0.25) is 0 Å². The van der Waals surface area contributed by atoms with Gasteiger partial charge in [0, 0.05) is 30.7 Å². The van der Waals surface area contributed by atoms with Crippen LogP contribution in [0.1, 0.15) is 10.4 Å². The summed E-state index contributed by atoms with van der Waals surface area (Å²) in [5, 5.41) is 7.77. The number of nitrogens with one attached hydrogen (secondary N) is 1. The molecule has 0 aliphatic heterocycles. The van der Waals surface area contributed by atoms with Gasteiger partial charge in [-0.25, -0.2) is 0 Å². The second-order valence-electron chi connectivity index (χ2n) is 4.94. The van der Waals surface area contributed by atoms with Gasteiger partial charge in [-0.15, -0.1) is 0 Å². The van der Waals surface area contributed by atoms with Crippen LogP contribution in [-0.4, -0.2) is 27.2 Å². The van der Waals surface area contributed by atoms with Crippen LogP contribution in [0.4, 0.5) is 0 Å². The molecule has 3 rings (SSSR count). The molecule has 0 aliphatic rings. The summed E-state index contributed by atoms with van der Waals surface area (Å²) in [6, 6.07) is 12.7. The van der Waals surface area contributed by atoms with Crippen molar-refractivity contribution in [3.05, 3.63) is 71.6 Å². The Kier molecular flexibility index (Phi) is 4.68. The standard InChI is InChI=1S/C17H15ClN4O/c18-15-4-2-1-3-14(15)17(23)20-10-12-22-11-7-16(21-22)13-5-8-19-9-6-13/h1-9,11H,10,12H2,(H,20,23). The van der Waals surface area contributed by atoms with Crippen molar-refractivity contribution in [2.75, 3.05) is 6.54 Å². The fourth-order valence-corrected chi connectivity index (χ4v) is 2.41. The highest BCUT2D eigenvalue weighted by Gasteiger charge is 2.08. The first-order valence-electron chi connectivity index (χ1n) is 7.20. The van der Waals surface area contributed by atoms with Gasteiger partial charge in [-0.2, -0.15) is 5.10 Å². The van der Waals surface area contributed by atoms with E-state index < -0.39 is 0 Å². The highest BCUT2D eigenvalue weighted by molar-refractivity contribution is 6.33. The van der Waals surface area contributed by atoms with Gasteiger partial charge in [0.05, 0.1) is 22.8 Å². The molecule has 2 aromatic heterocycles. The van der Waals surface area contributed by atoms with Crippen LogP contribution in [0.2, 0.25) is 5.02 Å². The Balaban J connectivity index is 1.56. The molecular formula is C17H15ClN4O. The van der Waals surface area contributed by atoms with Crippen LogP contribution in [0.3, 0.4) is 0 Å². The number of hydrogen-bond donors (Lipinski definition) is 1. The molecule has 6 heteroatoms. The Labute approximate surface area is 138 Å². The zero-order chi connectivity index (χ0) is 16.1. The summed E-state index contributed by atoms with van der Waals surface area (Å²) in [4.78, 5) is 16.0. The number of nitrogens with zero attached hydrogens (tertiary/aromatic N) is 3. The smallest absolute Gasteiger partial charge is 0.252 e. The van der Waals surface area contributed by atoms with Gasteiger partial charge in [0.1, 0.15) is 0 Å². The molecule has 0 radical (unpaired) electrons. The molecule has 23 heavy (non-hydrogen) atoms. The minimum absolute atomic E-state index is 0.183. The fraction of sp³-hybridized carbons (Fsp3) is 0.118. The molecular weight excluding hydrogens is 312 g/mol. The average Bonchev–Trinajstić information content (AvgIpc) is 3.05. The highest BCUT2D eigenvalue weighted by Crippen LogP contribution is 2.15. The maximum atomic E-state index is 12.1. The highest BCUT2D eigenvalue weighted by atomic mass is 35.5. The second-order valence-corrected chi connectivity index (χ2v) is 5.34. The molecule has 3 aromatic rings. The van der Waals surface area contributed by atoms with Gasteiger partial charge in [0.25, 0.3) is 5.91 Å². The molecule has 0 spiro atoms. The quantitative estimate of drug-likeness (QED) is 0.784. The molecule has 0 unspecified atom stereocenters. The maximum Gasteiger partial charge on any atom is 0.252 e. The lowest BCUT2D eigenvalue weighted by atomic mass is 10.2. The number of rotatable bonds is 5. The lowest BCUT2D eigenvalue weighted by Gasteiger charge is -2.06. The molecule has 5 nitrogen and oxygen atoms in total. The van der Waals surface area contributed by atoms with Crippen LogP contribution in [0.15, 0.2) is 61.1 Å². The zero-order valence-electron chi connectivity index (χ0n) is 12.3. The largest absolute Gasteiger partial charge is 0.350 e. The summed E-state index contributed by atoms with van der Waals surface area (Å²) in [6.07, 6.45) is 5.35. The summed E-state index contributed by atoms with van der Waals surface area (Å²) >= 11 is 6.00. The molecule has 0 fully saturated rings. The van der Waals surface area contributed by atoms with E-state index in [1.165, 1.54) is 0 Å². The van der Waals surface area contributed by atoms with Crippen LogP contribution in [-0.2, 0) is 6.54 Å². The number of aromatic nitrogens is 3. The monoisotopic (exact) mass is 326 g/mol. The lowest BCUT2D eigenvalue weighted by Crippen LogP contribution is -2.27. The van der Waals surface area contributed by atoms with Crippen molar-refractivity contribution in [3.63, 3.8) is 0 Å². The van der Waals surface area contributed by atoms with E-state index in [0.717, 1.165) is 11.3 Å². The van der Waals surface area contributed by atoms with Crippen molar-refractivity contribution in [3.8, 4) is 11.3 Å². The van der Waals surface area contributed by atoms with E-state index >= 15 is 0 Å². The zero-order valence-corrected chi connectivity index (χ0v) is 13.1. The first-order chi connectivity index (χ1) is 11.2. The van der Waals surface area contributed by atoms with Crippen molar-refractivity contribution in [2.45, 2.75) is 6.54 Å². The Hall–Kier alpha value is -2.66. The van der Waals surface area contributed by atoms with Gasteiger partial charge >= 0.3 is 0 Å². The van der Waals surface area contributed by atoms with E-state index in [2.05, 4.69) is 15.4 Å². The minimum Gasteiger partial charge on any atom is -0.350 e. The van der Waals surface area contributed by atoms with Crippen molar-refractivity contribution in [1.29, 1.82) is 0 Å². The summed E-state index contributed by atoms with van der Waals surface area (Å²) < 4.78 is 1.79. The third-order valence-electron chi connectivity index (χ3n) is 3.36. The number of carbonyl (C=O) groups is 1. The van der Waals surface area contributed by atoms with E-state index in [0.29, 0.717) is 23.7 Å². The van der Waals surface area contributed by atoms with E-state index in [1.54, 1.807) is 41.3 Å². The second kappa shape index (κ2) is 7.07. The summed E-state index contributed by atoms with van der Waals surface area (Å²) in [5.41, 5.74) is 2.37. The topological polar surface area (TPSA) is 59.8 Å². The number of halogens is 1. The molecule has 0 aliphatic carbocycles. The Morgan fingerprint density at radius 2 is 1.91 bits per heavy atom. The number of carbonyl (C=O) groups excluding carboxylic acids is 1. The van der Waals surface area contributed by atoms with Gasteiger partial charge in [0.15, 0.2) is 0 Å². The van der Waals surface area contributed by atoms with Crippen molar-refractivity contribution < 1.29 is 4.79 Å². The maximum absolute atomic E-state index is 12.1. The van der Waals surface area contributed by atoms with Crippen LogP contribution < -0.4 is 5.32 Å². The van der Waals surface area contributed by atoms with Crippen LogP contribution in [0.5, 0.6) is 0 Å². The molecule has 0 saturated carbocycles. The Morgan fingerprint density at radius 3 is 2.70 bits per heavy atom. The molecule has 1 aromatic carbocycles. The van der Waals surface area contributed by atoms with Gasteiger partial charge < -0.3 is 5.32 Å². The predicted molar refractivity (Wildman–Crippen MR) is 89.2 cm³/mol. The normalized spacial score (nSPS) is 10.5. The molecule has 1 N–H and O–H groups in total. The molecule has 1 amide bonds. The Bertz CT molecular complexity index is 801. The number of pyridine rings is 1. The average molecular weight is 327 g/mol. The van der Waals surface area contributed by atoms with Gasteiger partial charge in [-0.05, 0) is 30.3 Å². The Morgan fingerprint density at radius 1 is 1.13 bits per heavy atom. The summed E-state index contributed by atoms with van der Waals surface area (Å²) in [6.45, 7) is 1.06. The summed E-state index contributed by atoms with van der Waals surface area (Å²) in [5.74, 6) is -0.183. The van der Waals surface area contributed by atoms with E-state index in [-0.39, 0.29) is 5.91 Å². The van der Waals surface area contributed by atoms with Crippen LogP contribution in [0, 0.1) is 0 Å². The summed E-state index contributed by atoms with van der Waals surface area (Å²) in [7, 11) is 0. The van der Waals surface area contributed by atoms with E-state index in [1.807, 2.05) is 24.4 Å². The molecule has 0 saturated heterocycles. The number of amides is 1. The van der Waals surface area contributed by atoms with Crippen molar-refractivity contribution in [2.24, 2.45) is 0 Å². The third kappa shape index (κ3) is 3.76. The molecule has 2 heterocycles. The first kappa shape index (κ1) is 15.2. The van der Waals surface area contributed by atoms with Gasteiger partial charge in [-0.1, -0.05) is 23.7 Å². The number of hydrogen-bond acceptors (Lipinski definition) is 3. The van der Waals surface area contributed by atoms with E-state index in [4.69, 9.17) is 11.6 Å². The SMILES string of the molecule is O=C(NCCn1ccc(-c2ccncc2)n1)c1ccccc1Cl. The predicted octanol–water partition coefficient (Wildman–Crippen LogP) is 3.03. The van der Waals surface area contributed by atoms with E-state index in [9.17, 15) is 4.79 Å². The minimum atomic E-state index is -0.183.